The molecule has 0 fully saturated rings. The number of hydrogen-bond acceptors (Lipinski definition) is 6. The molecule has 0 aliphatic carbocycles. The van der Waals surface area contributed by atoms with Gasteiger partial charge in [0.2, 0.25) is 0 Å². The van der Waals surface area contributed by atoms with Gasteiger partial charge in [0, 0.05) is 12.6 Å². The summed E-state index contributed by atoms with van der Waals surface area (Å²) < 4.78 is 16.6. The minimum Gasteiger partial charge on any atom is -0.484 e. The fourth-order valence-corrected chi connectivity index (χ4v) is 2.72. The van der Waals surface area contributed by atoms with E-state index in [1.54, 1.807) is 61.5 Å². The van der Waals surface area contributed by atoms with E-state index < -0.39 is 0 Å². The average molecular weight is 373 g/mol. The van der Waals surface area contributed by atoms with Crippen molar-refractivity contribution in [3.63, 3.8) is 0 Å². The second-order valence-corrected chi connectivity index (χ2v) is 6.03. The highest BCUT2D eigenvalue weighted by Gasteiger charge is 2.13. The SMILES string of the molecule is Cc1nc2cc(NC(=O)c3ccc(COc4ccccc4C#N)o3)ccc2o1. The number of aromatic nitrogens is 1. The number of anilines is 1. The van der Waals surface area contributed by atoms with Crippen LogP contribution in [-0.4, -0.2) is 10.9 Å². The molecule has 0 bridgehead atoms. The summed E-state index contributed by atoms with van der Waals surface area (Å²) in [5, 5.41) is 11.9. The third kappa shape index (κ3) is 3.57. The number of nitrogens with one attached hydrogen (secondary N) is 1. The molecule has 2 aromatic carbocycles. The minimum atomic E-state index is -0.386. The largest absolute Gasteiger partial charge is 0.484 e. The molecule has 0 aliphatic rings. The monoisotopic (exact) mass is 373 g/mol. The summed E-state index contributed by atoms with van der Waals surface area (Å²) in [7, 11) is 0. The van der Waals surface area contributed by atoms with Crippen LogP contribution in [0.3, 0.4) is 0 Å². The standard InChI is InChI=1S/C21H15N3O4/c1-13-23-17-10-15(6-8-19(17)27-13)24-21(25)20-9-7-16(28-20)12-26-18-5-3-2-4-14(18)11-22/h2-10H,12H2,1H3,(H,24,25). The summed E-state index contributed by atoms with van der Waals surface area (Å²) in [6, 6.07) is 17.4. The number of aryl methyl sites for hydroxylation is 1. The van der Waals surface area contributed by atoms with Crippen molar-refractivity contribution in [1.82, 2.24) is 4.98 Å². The van der Waals surface area contributed by atoms with Crippen LogP contribution >= 0.6 is 0 Å². The molecule has 28 heavy (non-hydrogen) atoms. The lowest BCUT2D eigenvalue weighted by molar-refractivity contribution is 0.0992. The van der Waals surface area contributed by atoms with Gasteiger partial charge in [-0.15, -0.1) is 0 Å². The first kappa shape index (κ1) is 17.4. The lowest BCUT2D eigenvalue weighted by Gasteiger charge is -2.05. The number of carbonyl (C=O) groups is 1. The number of rotatable bonds is 5. The van der Waals surface area contributed by atoms with Crippen LogP contribution in [0.15, 0.2) is 63.4 Å². The van der Waals surface area contributed by atoms with Gasteiger partial charge in [0.05, 0.1) is 5.56 Å². The third-order valence-corrected chi connectivity index (χ3v) is 4.02. The van der Waals surface area contributed by atoms with Gasteiger partial charge in [-0.05, 0) is 42.5 Å². The normalized spacial score (nSPS) is 10.6. The highest BCUT2D eigenvalue weighted by molar-refractivity contribution is 6.03. The summed E-state index contributed by atoms with van der Waals surface area (Å²) in [6.07, 6.45) is 0. The Balaban J connectivity index is 1.42. The summed E-state index contributed by atoms with van der Waals surface area (Å²) in [4.78, 5) is 16.7. The molecule has 7 heteroatoms. The van der Waals surface area contributed by atoms with Crippen molar-refractivity contribution < 1.29 is 18.4 Å². The van der Waals surface area contributed by atoms with Crippen molar-refractivity contribution in [2.45, 2.75) is 13.5 Å². The number of oxazole rings is 1. The van der Waals surface area contributed by atoms with E-state index in [-0.39, 0.29) is 18.3 Å². The van der Waals surface area contributed by atoms with Gasteiger partial charge in [-0.2, -0.15) is 5.26 Å². The Morgan fingerprint density at radius 2 is 2.04 bits per heavy atom. The molecule has 0 radical (unpaired) electrons. The lowest BCUT2D eigenvalue weighted by atomic mass is 10.2. The quantitative estimate of drug-likeness (QED) is 0.555. The topological polar surface area (TPSA) is 101 Å². The zero-order valence-corrected chi connectivity index (χ0v) is 14.9. The van der Waals surface area contributed by atoms with Crippen LogP contribution in [0.5, 0.6) is 5.75 Å². The van der Waals surface area contributed by atoms with Gasteiger partial charge in [-0.1, -0.05) is 12.1 Å². The molecule has 4 rings (SSSR count). The molecule has 0 aliphatic heterocycles. The van der Waals surface area contributed by atoms with E-state index in [1.165, 1.54) is 0 Å². The van der Waals surface area contributed by atoms with Crippen LogP contribution in [0, 0.1) is 18.3 Å². The number of fused-ring (bicyclic) bond motifs is 1. The number of nitrogens with zero attached hydrogens (tertiary/aromatic N) is 2. The summed E-state index contributed by atoms with van der Waals surface area (Å²) in [5.41, 5.74) is 2.35. The summed E-state index contributed by atoms with van der Waals surface area (Å²) >= 11 is 0. The van der Waals surface area contributed by atoms with Crippen molar-refractivity contribution in [2.24, 2.45) is 0 Å². The minimum absolute atomic E-state index is 0.107. The van der Waals surface area contributed by atoms with E-state index in [9.17, 15) is 4.79 Å². The Kier molecular flexibility index (Phi) is 4.52. The second kappa shape index (κ2) is 7.29. The first-order valence-corrected chi connectivity index (χ1v) is 8.51. The van der Waals surface area contributed by atoms with Crippen molar-refractivity contribution in [1.29, 1.82) is 5.26 Å². The number of carbonyl (C=O) groups excluding carboxylic acids is 1. The van der Waals surface area contributed by atoms with Gasteiger partial charge in [0.15, 0.2) is 17.2 Å². The molecule has 7 nitrogen and oxygen atoms in total. The van der Waals surface area contributed by atoms with E-state index in [0.717, 1.165) is 0 Å². The molecule has 0 unspecified atom stereocenters. The molecule has 4 aromatic rings. The Bertz CT molecular complexity index is 1200. The Morgan fingerprint density at radius 1 is 1.18 bits per heavy atom. The smallest absolute Gasteiger partial charge is 0.291 e. The number of nitriles is 1. The number of furan rings is 1. The third-order valence-electron chi connectivity index (χ3n) is 4.02. The number of para-hydroxylation sites is 1. The van der Waals surface area contributed by atoms with Gasteiger partial charge in [-0.25, -0.2) is 4.98 Å². The van der Waals surface area contributed by atoms with Crippen molar-refractivity contribution in [3.05, 3.63) is 77.6 Å². The average Bonchev–Trinajstić information content (AvgIpc) is 3.32. The Morgan fingerprint density at radius 3 is 2.89 bits per heavy atom. The molecule has 0 spiro atoms. The van der Waals surface area contributed by atoms with E-state index in [2.05, 4.69) is 16.4 Å². The van der Waals surface area contributed by atoms with Gasteiger partial charge >= 0.3 is 0 Å². The molecule has 138 valence electrons. The van der Waals surface area contributed by atoms with Crippen LogP contribution < -0.4 is 10.1 Å². The van der Waals surface area contributed by atoms with Crippen molar-refractivity contribution in [3.8, 4) is 11.8 Å². The molecule has 0 saturated heterocycles. The first-order chi connectivity index (χ1) is 13.6. The lowest BCUT2D eigenvalue weighted by Crippen LogP contribution is -2.10. The predicted molar refractivity (Wildman–Crippen MR) is 101 cm³/mol. The number of ether oxygens (including phenoxy) is 1. The van der Waals surface area contributed by atoms with Crippen LogP contribution in [-0.2, 0) is 6.61 Å². The number of hydrogen-bond donors (Lipinski definition) is 1. The van der Waals surface area contributed by atoms with Gasteiger partial charge in [-0.3, -0.25) is 4.79 Å². The summed E-state index contributed by atoms with van der Waals surface area (Å²) in [6.45, 7) is 1.87. The van der Waals surface area contributed by atoms with Gasteiger partial charge < -0.3 is 18.9 Å². The highest BCUT2D eigenvalue weighted by Crippen LogP contribution is 2.21. The van der Waals surface area contributed by atoms with Gasteiger partial charge in [0.25, 0.3) is 5.91 Å². The zero-order chi connectivity index (χ0) is 19.5. The molecule has 0 saturated carbocycles. The van der Waals surface area contributed by atoms with Crippen LogP contribution in [0.4, 0.5) is 5.69 Å². The summed E-state index contributed by atoms with van der Waals surface area (Å²) in [5.74, 6) is 1.27. The zero-order valence-electron chi connectivity index (χ0n) is 14.9. The molecule has 2 aromatic heterocycles. The van der Waals surface area contributed by atoms with Crippen LogP contribution in [0.2, 0.25) is 0 Å². The molecule has 0 atom stereocenters. The Hall–Kier alpha value is -4.05. The number of amides is 1. The maximum absolute atomic E-state index is 12.4. The van der Waals surface area contributed by atoms with Crippen LogP contribution in [0.1, 0.15) is 27.8 Å². The first-order valence-electron chi connectivity index (χ1n) is 8.51. The van der Waals surface area contributed by atoms with Gasteiger partial charge in [0.1, 0.15) is 29.7 Å². The van der Waals surface area contributed by atoms with E-state index in [0.29, 0.717) is 39.8 Å². The molecular formula is C21H15N3O4. The highest BCUT2D eigenvalue weighted by atomic mass is 16.5. The fourth-order valence-electron chi connectivity index (χ4n) is 2.72. The molecule has 2 heterocycles. The predicted octanol–water partition coefficient (Wildman–Crippen LogP) is 4.43. The molecular weight excluding hydrogens is 358 g/mol. The van der Waals surface area contributed by atoms with E-state index in [1.807, 2.05) is 0 Å². The van der Waals surface area contributed by atoms with Crippen molar-refractivity contribution >= 4 is 22.7 Å². The van der Waals surface area contributed by atoms with E-state index >= 15 is 0 Å². The van der Waals surface area contributed by atoms with Crippen molar-refractivity contribution in [2.75, 3.05) is 5.32 Å². The fraction of sp³-hybridized carbons (Fsp3) is 0.0952. The van der Waals surface area contributed by atoms with Crippen LogP contribution in [0.25, 0.3) is 11.1 Å². The molecule has 1 N–H and O–H groups in total. The number of benzene rings is 2. The van der Waals surface area contributed by atoms with E-state index in [4.69, 9.17) is 18.8 Å². The maximum Gasteiger partial charge on any atom is 0.291 e. The maximum atomic E-state index is 12.4. The molecule has 1 amide bonds. The second-order valence-electron chi connectivity index (χ2n) is 6.03. The Labute approximate surface area is 160 Å².